The van der Waals surface area contributed by atoms with Crippen molar-refractivity contribution in [3.8, 4) is 11.5 Å². The Morgan fingerprint density at radius 2 is 2.09 bits per heavy atom. The van der Waals surface area contributed by atoms with Crippen molar-refractivity contribution in [2.75, 3.05) is 5.32 Å². The van der Waals surface area contributed by atoms with Crippen LogP contribution in [0.2, 0.25) is 0 Å². The molecular formula is C15H16F2N4O. The van der Waals surface area contributed by atoms with Gasteiger partial charge in [-0.05, 0) is 37.3 Å². The SMILES string of the molecule is Cc1noc(-c2cccnc2NC2CC3(C2)CC(F)(F)C3)n1. The number of nitrogens with one attached hydrogen (secondary N) is 1. The summed E-state index contributed by atoms with van der Waals surface area (Å²) < 4.78 is 31.3. The van der Waals surface area contributed by atoms with Crippen LogP contribution >= 0.6 is 0 Å². The highest BCUT2D eigenvalue weighted by molar-refractivity contribution is 5.69. The zero-order valence-corrected chi connectivity index (χ0v) is 12.1. The summed E-state index contributed by atoms with van der Waals surface area (Å²) in [7, 11) is 0. The Bertz CT molecular complexity index is 699. The zero-order valence-electron chi connectivity index (χ0n) is 12.1. The number of aromatic nitrogens is 3. The van der Waals surface area contributed by atoms with E-state index in [1.807, 2.05) is 6.07 Å². The third kappa shape index (κ3) is 2.24. The van der Waals surface area contributed by atoms with Gasteiger partial charge in [-0.1, -0.05) is 5.16 Å². The lowest BCUT2D eigenvalue weighted by Crippen LogP contribution is -2.57. The zero-order chi connectivity index (χ0) is 15.4. The van der Waals surface area contributed by atoms with E-state index in [1.165, 1.54) is 0 Å². The van der Waals surface area contributed by atoms with Crippen LogP contribution in [0, 0.1) is 12.3 Å². The van der Waals surface area contributed by atoms with E-state index >= 15 is 0 Å². The van der Waals surface area contributed by atoms with Gasteiger partial charge in [-0.3, -0.25) is 0 Å². The van der Waals surface area contributed by atoms with Gasteiger partial charge in [0.1, 0.15) is 5.82 Å². The van der Waals surface area contributed by atoms with Gasteiger partial charge in [0.15, 0.2) is 5.82 Å². The molecule has 7 heteroatoms. The number of anilines is 1. The molecule has 4 rings (SSSR count). The quantitative estimate of drug-likeness (QED) is 0.941. The molecule has 0 unspecified atom stereocenters. The van der Waals surface area contributed by atoms with Gasteiger partial charge in [0.25, 0.3) is 5.89 Å². The van der Waals surface area contributed by atoms with Crippen molar-refractivity contribution in [1.29, 1.82) is 0 Å². The summed E-state index contributed by atoms with van der Waals surface area (Å²) in [6.07, 6.45) is 3.26. The molecule has 0 radical (unpaired) electrons. The van der Waals surface area contributed by atoms with E-state index in [4.69, 9.17) is 4.52 Å². The molecule has 1 spiro atoms. The molecule has 2 aromatic rings. The standard InChI is InChI=1S/C15H16F2N4O/c1-9-19-13(22-21-9)11-3-2-4-18-12(11)20-10-5-14(6-10)7-15(16,17)8-14/h2-4,10H,5-8H2,1H3,(H,18,20). The Labute approximate surface area is 126 Å². The van der Waals surface area contributed by atoms with E-state index in [0.29, 0.717) is 17.5 Å². The number of hydrogen-bond donors (Lipinski definition) is 1. The predicted octanol–water partition coefficient (Wildman–Crippen LogP) is 3.43. The highest BCUT2D eigenvalue weighted by atomic mass is 19.3. The summed E-state index contributed by atoms with van der Waals surface area (Å²) in [5.74, 6) is -0.818. The topological polar surface area (TPSA) is 63.8 Å². The van der Waals surface area contributed by atoms with Crippen LogP contribution in [-0.2, 0) is 0 Å². The van der Waals surface area contributed by atoms with E-state index in [-0.39, 0.29) is 24.3 Å². The van der Waals surface area contributed by atoms with Gasteiger partial charge >= 0.3 is 0 Å². The molecule has 2 fully saturated rings. The highest BCUT2D eigenvalue weighted by Gasteiger charge is 2.61. The number of hydrogen-bond acceptors (Lipinski definition) is 5. The smallest absolute Gasteiger partial charge is 0.261 e. The molecule has 2 aromatic heterocycles. The largest absolute Gasteiger partial charge is 0.367 e. The number of aryl methyl sites for hydroxylation is 1. The summed E-state index contributed by atoms with van der Waals surface area (Å²) in [6, 6.07) is 3.83. The number of pyridine rings is 1. The summed E-state index contributed by atoms with van der Waals surface area (Å²) in [5, 5.41) is 7.11. The maximum Gasteiger partial charge on any atom is 0.261 e. The fraction of sp³-hybridized carbons (Fsp3) is 0.533. The first-order chi connectivity index (χ1) is 10.4. The predicted molar refractivity (Wildman–Crippen MR) is 75.5 cm³/mol. The lowest BCUT2D eigenvalue weighted by atomic mass is 9.52. The fourth-order valence-corrected chi connectivity index (χ4v) is 3.71. The van der Waals surface area contributed by atoms with Gasteiger partial charge < -0.3 is 9.84 Å². The molecule has 0 aromatic carbocycles. The van der Waals surface area contributed by atoms with Crippen molar-refractivity contribution in [2.45, 2.75) is 44.6 Å². The molecule has 2 aliphatic rings. The van der Waals surface area contributed by atoms with Crippen LogP contribution in [0.25, 0.3) is 11.5 Å². The first-order valence-corrected chi connectivity index (χ1v) is 7.35. The van der Waals surface area contributed by atoms with E-state index in [0.717, 1.165) is 18.4 Å². The third-order valence-electron chi connectivity index (χ3n) is 4.53. The molecule has 22 heavy (non-hydrogen) atoms. The van der Waals surface area contributed by atoms with Crippen LogP contribution in [0.4, 0.5) is 14.6 Å². The van der Waals surface area contributed by atoms with Crippen LogP contribution in [-0.4, -0.2) is 27.1 Å². The van der Waals surface area contributed by atoms with Crippen LogP contribution in [0.3, 0.4) is 0 Å². The molecule has 0 amide bonds. The molecule has 116 valence electrons. The fourth-order valence-electron chi connectivity index (χ4n) is 3.71. The van der Waals surface area contributed by atoms with Crippen LogP contribution < -0.4 is 5.32 Å². The van der Waals surface area contributed by atoms with Gasteiger partial charge in [-0.2, -0.15) is 4.98 Å². The Morgan fingerprint density at radius 1 is 1.32 bits per heavy atom. The average molecular weight is 306 g/mol. The number of rotatable bonds is 3. The first-order valence-electron chi connectivity index (χ1n) is 7.35. The molecule has 0 aliphatic heterocycles. The van der Waals surface area contributed by atoms with Crippen molar-refractivity contribution >= 4 is 5.82 Å². The Kier molecular flexibility index (Phi) is 2.76. The summed E-state index contributed by atoms with van der Waals surface area (Å²) in [4.78, 5) is 8.53. The van der Waals surface area contributed by atoms with Crippen molar-refractivity contribution in [3.05, 3.63) is 24.2 Å². The normalized spacial score (nSPS) is 22.1. The average Bonchev–Trinajstić information content (AvgIpc) is 2.82. The van der Waals surface area contributed by atoms with Gasteiger partial charge in [0.05, 0.1) is 5.56 Å². The molecule has 5 nitrogen and oxygen atoms in total. The van der Waals surface area contributed by atoms with Gasteiger partial charge in [-0.15, -0.1) is 0 Å². The monoisotopic (exact) mass is 306 g/mol. The number of halogens is 2. The maximum atomic E-state index is 13.0. The summed E-state index contributed by atoms with van der Waals surface area (Å²) >= 11 is 0. The van der Waals surface area contributed by atoms with Crippen molar-refractivity contribution in [3.63, 3.8) is 0 Å². The van der Waals surface area contributed by atoms with Crippen LogP contribution in [0.1, 0.15) is 31.5 Å². The van der Waals surface area contributed by atoms with Gasteiger partial charge in [0, 0.05) is 25.1 Å². The Morgan fingerprint density at radius 3 is 2.73 bits per heavy atom. The third-order valence-corrected chi connectivity index (χ3v) is 4.53. The van der Waals surface area contributed by atoms with E-state index in [9.17, 15) is 8.78 Å². The van der Waals surface area contributed by atoms with E-state index < -0.39 is 5.92 Å². The molecule has 0 atom stereocenters. The lowest BCUT2D eigenvalue weighted by Gasteiger charge is -2.57. The number of nitrogens with zero attached hydrogens (tertiary/aromatic N) is 3. The van der Waals surface area contributed by atoms with Gasteiger partial charge in [0.2, 0.25) is 5.92 Å². The number of alkyl halides is 2. The summed E-state index contributed by atoms with van der Waals surface area (Å²) in [6.45, 7) is 1.75. The van der Waals surface area contributed by atoms with Crippen molar-refractivity contribution in [2.24, 2.45) is 5.41 Å². The van der Waals surface area contributed by atoms with Gasteiger partial charge in [-0.25, -0.2) is 13.8 Å². The Hall–Kier alpha value is -2.05. The molecule has 2 saturated carbocycles. The van der Waals surface area contributed by atoms with Crippen molar-refractivity contribution < 1.29 is 13.3 Å². The minimum Gasteiger partial charge on any atom is -0.367 e. The Balaban J connectivity index is 1.47. The minimum atomic E-state index is -2.46. The second-order valence-corrected chi connectivity index (χ2v) is 6.51. The highest BCUT2D eigenvalue weighted by Crippen LogP contribution is 2.62. The van der Waals surface area contributed by atoms with E-state index in [1.54, 1.807) is 19.2 Å². The molecule has 0 bridgehead atoms. The van der Waals surface area contributed by atoms with Crippen LogP contribution in [0.5, 0.6) is 0 Å². The molecule has 2 heterocycles. The first kappa shape index (κ1) is 13.6. The minimum absolute atomic E-state index is 0.0239. The second-order valence-electron chi connectivity index (χ2n) is 6.51. The van der Waals surface area contributed by atoms with Crippen LogP contribution in [0.15, 0.2) is 22.9 Å². The van der Waals surface area contributed by atoms with E-state index in [2.05, 4.69) is 20.4 Å². The molecule has 0 saturated heterocycles. The molecule has 2 aliphatic carbocycles. The molecular weight excluding hydrogens is 290 g/mol. The lowest BCUT2D eigenvalue weighted by molar-refractivity contribution is -0.193. The maximum absolute atomic E-state index is 13.0. The molecule has 1 N–H and O–H groups in total. The van der Waals surface area contributed by atoms with Crippen molar-refractivity contribution in [1.82, 2.24) is 15.1 Å². The summed E-state index contributed by atoms with van der Waals surface area (Å²) in [5.41, 5.74) is 0.583. The second kappa shape index (κ2) is 4.47.